The zero-order valence-electron chi connectivity index (χ0n) is 19.2. The van der Waals surface area contributed by atoms with Crippen LogP contribution in [0.4, 0.5) is 0 Å². The van der Waals surface area contributed by atoms with E-state index in [9.17, 15) is 9.59 Å². The molecular formula is C28H20ClN3O4. The number of carbonyl (C=O) groups excluding carboxylic acids is 1. The number of aromatic nitrogens is 1. The highest BCUT2D eigenvalue weighted by Crippen LogP contribution is 2.38. The van der Waals surface area contributed by atoms with E-state index in [4.69, 9.17) is 25.5 Å². The van der Waals surface area contributed by atoms with Crippen LogP contribution in [0.1, 0.15) is 34.3 Å². The number of para-hydroxylation sites is 1. The van der Waals surface area contributed by atoms with Gasteiger partial charge in [-0.3, -0.25) is 9.59 Å². The number of furan rings is 2. The molecule has 1 unspecified atom stereocenters. The van der Waals surface area contributed by atoms with Crippen LogP contribution in [0.5, 0.6) is 0 Å². The number of benzene rings is 2. The first kappa shape index (κ1) is 22.1. The molecule has 1 atom stereocenters. The van der Waals surface area contributed by atoms with Crippen LogP contribution in [0, 0.1) is 0 Å². The van der Waals surface area contributed by atoms with Crippen molar-refractivity contribution in [1.82, 2.24) is 9.58 Å². The van der Waals surface area contributed by atoms with Crippen LogP contribution in [0.15, 0.2) is 104 Å². The van der Waals surface area contributed by atoms with Crippen molar-refractivity contribution in [3.05, 3.63) is 118 Å². The van der Waals surface area contributed by atoms with Crippen LogP contribution in [-0.2, 0) is 7.05 Å². The first-order valence-corrected chi connectivity index (χ1v) is 11.8. The molecule has 0 N–H and O–H groups in total. The summed E-state index contributed by atoms with van der Waals surface area (Å²) in [5.74, 6) is 0.308. The zero-order chi connectivity index (χ0) is 24.8. The van der Waals surface area contributed by atoms with Gasteiger partial charge in [-0.1, -0.05) is 41.9 Å². The second kappa shape index (κ2) is 8.70. The van der Waals surface area contributed by atoms with Crippen LogP contribution in [0.2, 0.25) is 5.02 Å². The number of pyridine rings is 1. The molecule has 0 radical (unpaired) electrons. The number of rotatable bonds is 4. The molecule has 2 aromatic carbocycles. The lowest BCUT2D eigenvalue weighted by atomic mass is 9.91. The highest BCUT2D eigenvalue weighted by atomic mass is 35.5. The monoisotopic (exact) mass is 497 g/mol. The maximum Gasteiger partial charge on any atom is 0.310 e. The number of amides is 1. The number of hydrogen-bond acceptors (Lipinski definition) is 5. The summed E-state index contributed by atoms with van der Waals surface area (Å²) in [5, 5.41) is 7.54. The van der Waals surface area contributed by atoms with Gasteiger partial charge in [0, 0.05) is 29.4 Å². The summed E-state index contributed by atoms with van der Waals surface area (Å²) in [6, 6.07) is 21.4. The number of carbonyl (C=O) groups is 1. The lowest BCUT2D eigenvalue weighted by molar-refractivity contribution is 0.0660. The summed E-state index contributed by atoms with van der Waals surface area (Å²) >= 11 is 6.17. The van der Waals surface area contributed by atoms with Crippen molar-refractivity contribution in [3.8, 4) is 11.1 Å². The fourth-order valence-corrected chi connectivity index (χ4v) is 4.87. The molecule has 0 saturated carbocycles. The fraction of sp³-hybridized carbons (Fsp3) is 0.107. The molecule has 0 fully saturated rings. The molecule has 1 aliphatic rings. The molecule has 36 heavy (non-hydrogen) atoms. The second-order valence-corrected chi connectivity index (χ2v) is 8.98. The van der Waals surface area contributed by atoms with Gasteiger partial charge in [0.15, 0.2) is 5.76 Å². The lowest BCUT2D eigenvalue weighted by Gasteiger charge is -2.18. The number of hydrazone groups is 1. The van der Waals surface area contributed by atoms with Crippen LogP contribution in [-0.4, -0.2) is 21.2 Å². The molecule has 1 aliphatic heterocycles. The first-order valence-electron chi connectivity index (χ1n) is 11.4. The van der Waals surface area contributed by atoms with Crippen molar-refractivity contribution in [3.63, 3.8) is 0 Å². The summed E-state index contributed by atoms with van der Waals surface area (Å²) in [7, 11) is 1.74. The summed E-state index contributed by atoms with van der Waals surface area (Å²) in [5.41, 5.74) is 3.09. The first-order chi connectivity index (χ1) is 17.5. The molecule has 0 aliphatic carbocycles. The Labute approximate surface area is 210 Å². The Kier molecular flexibility index (Phi) is 5.34. The number of halogens is 1. The molecule has 8 heteroatoms. The largest absolute Gasteiger partial charge is 0.467 e. The Morgan fingerprint density at radius 1 is 0.944 bits per heavy atom. The highest BCUT2D eigenvalue weighted by Gasteiger charge is 2.38. The summed E-state index contributed by atoms with van der Waals surface area (Å²) in [4.78, 5) is 27.2. The SMILES string of the molecule is Cn1c(=O)c(C2=NN(C(=O)c3ccco3)C(c3ccco3)C2)c(-c2ccc(Cl)cc2)c2ccccc21. The predicted molar refractivity (Wildman–Crippen MR) is 137 cm³/mol. The van der Waals surface area contributed by atoms with Crippen molar-refractivity contribution in [2.24, 2.45) is 12.1 Å². The molecule has 4 heterocycles. The van der Waals surface area contributed by atoms with Gasteiger partial charge in [0.2, 0.25) is 0 Å². The molecule has 6 rings (SSSR count). The van der Waals surface area contributed by atoms with Gasteiger partial charge in [0.05, 0.1) is 29.3 Å². The maximum absolute atomic E-state index is 13.8. The fourth-order valence-electron chi connectivity index (χ4n) is 4.74. The van der Waals surface area contributed by atoms with Crippen molar-refractivity contribution in [2.75, 3.05) is 0 Å². The zero-order valence-corrected chi connectivity index (χ0v) is 20.0. The maximum atomic E-state index is 13.8. The minimum absolute atomic E-state index is 0.154. The van der Waals surface area contributed by atoms with E-state index in [1.165, 1.54) is 11.3 Å². The minimum atomic E-state index is -0.526. The third kappa shape index (κ3) is 3.56. The molecule has 178 valence electrons. The van der Waals surface area contributed by atoms with E-state index in [1.807, 2.05) is 36.4 Å². The van der Waals surface area contributed by atoms with Crippen molar-refractivity contribution >= 4 is 34.1 Å². The number of nitrogens with zero attached hydrogens (tertiary/aromatic N) is 3. The topological polar surface area (TPSA) is 81.0 Å². The molecule has 3 aromatic heterocycles. The van der Waals surface area contributed by atoms with Crippen LogP contribution >= 0.6 is 11.6 Å². The van der Waals surface area contributed by atoms with Crippen molar-refractivity contribution in [2.45, 2.75) is 12.5 Å². The molecule has 0 bridgehead atoms. The van der Waals surface area contributed by atoms with E-state index in [1.54, 1.807) is 54.3 Å². The van der Waals surface area contributed by atoms with Gasteiger partial charge < -0.3 is 13.4 Å². The van der Waals surface area contributed by atoms with Gasteiger partial charge in [-0.15, -0.1) is 0 Å². The average Bonchev–Trinajstić information content (AvgIpc) is 3.68. The average molecular weight is 498 g/mol. The van der Waals surface area contributed by atoms with Gasteiger partial charge >= 0.3 is 5.91 Å². The minimum Gasteiger partial charge on any atom is -0.467 e. The number of hydrogen-bond donors (Lipinski definition) is 0. The van der Waals surface area contributed by atoms with Crippen LogP contribution in [0.3, 0.4) is 0 Å². The van der Waals surface area contributed by atoms with E-state index in [0.717, 1.165) is 22.0 Å². The summed E-state index contributed by atoms with van der Waals surface area (Å²) < 4.78 is 12.6. The quantitative estimate of drug-likeness (QED) is 0.303. The molecular weight excluding hydrogens is 478 g/mol. The van der Waals surface area contributed by atoms with E-state index in [0.29, 0.717) is 28.5 Å². The van der Waals surface area contributed by atoms with Gasteiger partial charge in [-0.2, -0.15) is 5.10 Å². The third-order valence-corrected chi connectivity index (χ3v) is 6.70. The lowest BCUT2D eigenvalue weighted by Crippen LogP contribution is -2.26. The molecule has 7 nitrogen and oxygen atoms in total. The number of fused-ring (bicyclic) bond motifs is 1. The van der Waals surface area contributed by atoms with E-state index in [2.05, 4.69) is 0 Å². The van der Waals surface area contributed by atoms with Crippen molar-refractivity contribution < 1.29 is 13.6 Å². The van der Waals surface area contributed by atoms with E-state index in [-0.39, 0.29) is 11.3 Å². The smallest absolute Gasteiger partial charge is 0.310 e. The second-order valence-electron chi connectivity index (χ2n) is 8.55. The van der Waals surface area contributed by atoms with Crippen LogP contribution in [0.25, 0.3) is 22.0 Å². The standard InChI is InChI=1S/C28H20ClN3O4/c1-31-21-7-3-2-6-19(21)25(17-10-12-18(29)13-11-17)26(28(31)34)20-16-22(23-8-4-14-35-23)32(30-20)27(33)24-9-5-15-36-24/h2-15,22H,16H2,1H3. The molecule has 1 amide bonds. The Morgan fingerprint density at radius 3 is 2.42 bits per heavy atom. The van der Waals surface area contributed by atoms with Crippen LogP contribution < -0.4 is 5.56 Å². The Bertz CT molecular complexity index is 1670. The normalized spacial score (nSPS) is 15.4. The van der Waals surface area contributed by atoms with Gasteiger partial charge in [0.1, 0.15) is 11.8 Å². The Morgan fingerprint density at radius 2 is 1.69 bits per heavy atom. The summed E-state index contributed by atoms with van der Waals surface area (Å²) in [6.07, 6.45) is 3.29. The Hall–Kier alpha value is -4.36. The van der Waals surface area contributed by atoms with Gasteiger partial charge in [-0.25, -0.2) is 5.01 Å². The predicted octanol–water partition coefficient (Wildman–Crippen LogP) is 6.04. The Balaban J connectivity index is 1.60. The molecule has 0 spiro atoms. The van der Waals surface area contributed by atoms with E-state index >= 15 is 0 Å². The van der Waals surface area contributed by atoms with Crippen molar-refractivity contribution in [1.29, 1.82) is 0 Å². The highest BCUT2D eigenvalue weighted by molar-refractivity contribution is 6.30. The molecule has 5 aromatic rings. The van der Waals surface area contributed by atoms with E-state index < -0.39 is 11.9 Å². The summed E-state index contributed by atoms with van der Waals surface area (Å²) in [6.45, 7) is 0. The molecule has 0 saturated heterocycles. The van der Waals surface area contributed by atoms with Gasteiger partial charge in [-0.05, 0) is 48.0 Å². The number of aryl methyl sites for hydroxylation is 1. The van der Waals surface area contributed by atoms with Gasteiger partial charge in [0.25, 0.3) is 5.56 Å². The third-order valence-electron chi connectivity index (χ3n) is 6.45.